The molecule has 32 heavy (non-hydrogen) atoms. The fourth-order valence-electron chi connectivity index (χ4n) is 6.36. The third-order valence-electron chi connectivity index (χ3n) is 7.72. The van der Waals surface area contributed by atoms with Gasteiger partial charge >= 0.3 is 8.80 Å². The average Bonchev–Trinajstić information content (AvgIpc) is 2.78. The monoisotopic (exact) mass is 486 g/mol. The first kappa shape index (κ1) is 28.0. The van der Waals surface area contributed by atoms with Crippen molar-refractivity contribution in [2.24, 2.45) is 5.92 Å². The molecule has 0 aromatic rings. The van der Waals surface area contributed by atoms with Gasteiger partial charge in [0, 0.05) is 25.9 Å². The van der Waals surface area contributed by atoms with Crippen LogP contribution in [0.4, 0.5) is 0 Å². The van der Waals surface area contributed by atoms with E-state index in [4.69, 9.17) is 17.7 Å². The normalized spacial score (nSPS) is 20.5. The highest BCUT2D eigenvalue weighted by molar-refractivity contribution is 6.79. The zero-order valence-electron chi connectivity index (χ0n) is 21.8. The molecule has 2 saturated carbocycles. The molecule has 0 aromatic carbocycles. The Balaban J connectivity index is 2.27. The Morgan fingerprint density at radius 3 is 1.50 bits per heavy atom. The molecule has 2 fully saturated rings. The van der Waals surface area contributed by atoms with Gasteiger partial charge in [0.1, 0.15) is 0 Å². The van der Waals surface area contributed by atoms with Gasteiger partial charge in [-0.15, -0.1) is 0 Å². The topological polar surface area (TPSA) is 54.0 Å². The van der Waals surface area contributed by atoms with Crippen LogP contribution in [-0.4, -0.2) is 42.9 Å². The molecule has 1 atom stereocenters. The highest BCUT2D eigenvalue weighted by Gasteiger charge is 2.55. The van der Waals surface area contributed by atoms with E-state index in [1.54, 1.807) is 0 Å². The van der Waals surface area contributed by atoms with Gasteiger partial charge < -0.3 is 17.7 Å². The zero-order valence-corrected chi connectivity index (χ0v) is 23.8. The molecule has 2 aliphatic rings. The summed E-state index contributed by atoms with van der Waals surface area (Å²) < 4.78 is 25.0. The van der Waals surface area contributed by atoms with Crippen molar-refractivity contribution in [1.82, 2.24) is 0 Å². The maximum atomic E-state index is 13.7. The summed E-state index contributed by atoms with van der Waals surface area (Å²) in [6.45, 7) is 14.2. The van der Waals surface area contributed by atoms with E-state index in [0.29, 0.717) is 42.5 Å². The molecule has 0 spiro atoms. The second-order valence-electron chi connectivity index (χ2n) is 10.2. The van der Waals surface area contributed by atoms with E-state index in [0.717, 1.165) is 0 Å². The van der Waals surface area contributed by atoms with Gasteiger partial charge in [-0.1, -0.05) is 59.3 Å². The van der Waals surface area contributed by atoms with E-state index in [9.17, 15) is 4.79 Å². The Kier molecular flexibility index (Phi) is 11.9. The van der Waals surface area contributed by atoms with Crippen molar-refractivity contribution in [2.45, 2.75) is 128 Å². The first-order valence-corrected chi connectivity index (χ1v) is 17.6. The summed E-state index contributed by atoms with van der Waals surface area (Å²) in [6, 6.07) is 0.499. The van der Waals surface area contributed by atoms with Crippen molar-refractivity contribution >= 4 is 23.1 Å². The van der Waals surface area contributed by atoms with Gasteiger partial charge in [0.05, 0.1) is 5.92 Å². The second-order valence-corrected chi connectivity index (χ2v) is 17.5. The maximum absolute atomic E-state index is 13.7. The van der Waals surface area contributed by atoms with Crippen LogP contribution >= 0.6 is 0 Å². The van der Waals surface area contributed by atoms with Crippen LogP contribution in [0.5, 0.6) is 0 Å². The summed E-state index contributed by atoms with van der Waals surface area (Å²) in [7, 11) is -5.17. The summed E-state index contributed by atoms with van der Waals surface area (Å²) in [5, 5.41) is 0. The Morgan fingerprint density at radius 2 is 1.16 bits per heavy atom. The minimum atomic E-state index is -2.89. The van der Waals surface area contributed by atoms with E-state index in [1.165, 1.54) is 64.2 Å². The minimum Gasteiger partial charge on any atom is -0.518 e. The predicted molar refractivity (Wildman–Crippen MR) is 135 cm³/mol. The summed E-state index contributed by atoms with van der Waals surface area (Å²) in [4.78, 5) is 13.7. The predicted octanol–water partition coefficient (Wildman–Crippen LogP) is 7.24. The number of hydrogen-bond acceptors (Lipinski definition) is 5. The van der Waals surface area contributed by atoms with Crippen LogP contribution < -0.4 is 0 Å². The molecular formula is C25H50O5Si2. The Hall–Kier alpha value is -0.216. The Bertz CT molecular complexity index is 509. The molecule has 0 amide bonds. The van der Waals surface area contributed by atoms with E-state index in [1.807, 2.05) is 27.7 Å². The van der Waals surface area contributed by atoms with Crippen molar-refractivity contribution in [2.75, 3.05) is 19.8 Å². The number of carbonyl (C=O) groups excluding carboxylic acids is 1. The van der Waals surface area contributed by atoms with Gasteiger partial charge in [0.25, 0.3) is 14.3 Å². The lowest BCUT2D eigenvalue weighted by atomic mass is 9.99. The van der Waals surface area contributed by atoms with Crippen molar-refractivity contribution in [3.8, 4) is 0 Å². The Labute approximate surface area is 199 Å². The molecule has 188 valence electrons. The second kappa shape index (κ2) is 13.6. The van der Waals surface area contributed by atoms with Gasteiger partial charge in [-0.05, 0) is 63.1 Å². The smallest absolute Gasteiger partial charge is 0.501 e. The SMILES string of the molecule is CCO[Si](CC(C)C(=O)O[Si](C(C)C)(C1CCCCC1)C1CCCCC1)(OCC)OCC. The van der Waals surface area contributed by atoms with Gasteiger partial charge in [0.15, 0.2) is 0 Å². The standard InChI is InChI=1S/C25H50O5Si2/c1-7-27-31(28-8-2,29-9-3)20-22(6)25(26)30-32(21(4)5,23-16-12-10-13-17-23)24-18-14-11-15-19-24/h21-24H,7-20H2,1-6H3. The summed E-state index contributed by atoms with van der Waals surface area (Å²) in [5.74, 6) is -0.304. The van der Waals surface area contributed by atoms with Crippen LogP contribution in [0.3, 0.4) is 0 Å². The molecule has 0 radical (unpaired) electrons. The van der Waals surface area contributed by atoms with Crippen molar-refractivity contribution in [3.63, 3.8) is 0 Å². The highest BCUT2D eigenvalue weighted by atomic mass is 28.4. The lowest BCUT2D eigenvalue weighted by molar-refractivity contribution is -0.139. The molecule has 0 saturated heterocycles. The molecule has 5 nitrogen and oxygen atoms in total. The number of rotatable bonds is 13. The number of hydrogen-bond donors (Lipinski definition) is 0. The van der Waals surface area contributed by atoms with Crippen molar-refractivity contribution in [1.29, 1.82) is 0 Å². The summed E-state index contributed by atoms with van der Waals surface area (Å²) in [6.07, 6.45) is 12.8. The first-order chi connectivity index (χ1) is 15.3. The van der Waals surface area contributed by atoms with E-state index >= 15 is 0 Å². The molecule has 1 unspecified atom stereocenters. The molecule has 7 heteroatoms. The van der Waals surface area contributed by atoms with Gasteiger partial charge in [-0.3, -0.25) is 4.79 Å². The molecule has 0 N–H and O–H groups in total. The molecule has 2 aliphatic carbocycles. The van der Waals surface area contributed by atoms with Gasteiger partial charge in [-0.2, -0.15) is 0 Å². The molecular weight excluding hydrogens is 436 g/mol. The van der Waals surface area contributed by atoms with Crippen LogP contribution in [0.1, 0.15) is 106 Å². The largest absolute Gasteiger partial charge is 0.518 e. The van der Waals surface area contributed by atoms with E-state index < -0.39 is 17.1 Å². The van der Waals surface area contributed by atoms with E-state index in [-0.39, 0.29) is 11.9 Å². The van der Waals surface area contributed by atoms with Crippen molar-refractivity contribution < 1.29 is 22.5 Å². The molecule has 0 aromatic heterocycles. The van der Waals surface area contributed by atoms with Crippen LogP contribution in [0.2, 0.25) is 22.7 Å². The zero-order chi connectivity index (χ0) is 23.6. The van der Waals surface area contributed by atoms with Crippen LogP contribution in [0, 0.1) is 5.92 Å². The fraction of sp³-hybridized carbons (Fsp3) is 0.960. The van der Waals surface area contributed by atoms with Crippen molar-refractivity contribution in [3.05, 3.63) is 0 Å². The molecule has 2 rings (SSSR count). The summed E-state index contributed by atoms with van der Waals surface area (Å²) >= 11 is 0. The first-order valence-electron chi connectivity index (χ1n) is 13.5. The van der Waals surface area contributed by atoms with Crippen LogP contribution in [-0.2, 0) is 22.5 Å². The average molecular weight is 487 g/mol. The lowest BCUT2D eigenvalue weighted by Crippen LogP contribution is -2.54. The third-order valence-corrected chi connectivity index (χ3v) is 17.1. The Morgan fingerprint density at radius 1 is 0.750 bits per heavy atom. The van der Waals surface area contributed by atoms with E-state index in [2.05, 4.69) is 13.8 Å². The van der Waals surface area contributed by atoms with Crippen LogP contribution in [0.15, 0.2) is 0 Å². The summed E-state index contributed by atoms with van der Waals surface area (Å²) in [5.41, 5.74) is 1.68. The molecule has 0 heterocycles. The van der Waals surface area contributed by atoms with Gasteiger partial charge in [-0.25, -0.2) is 0 Å². The van der Waals surface area contributed by atoms with Gasteiger partial charge in [0.2, 0.25) is 0 Å². The molecule has 0 bridgehead atoms. The number of carbonyl (C=O) groups is 1. The fourth-order valence-corrected chi connectivity index (χ4v) is 15.5. The third kappa shape index (κ3) is 6.90. The lowest BCUT2D eigenvalue weighted by Gasteiger charge is -2.49. The molecule has 0 aliphatic heterocycles. The quantitative estimate of drug-likeness (QED) is 0.257. The highest BCUT2D eigenvalue weighted by Crippen LogP contribution is 2.54. The minimum absolute atomic E-state index is 0.0301. The van der Waals surface area contributed by atoms with Crippen LogP contribution in [0.25, 0.3) is 0 Å². The maximum Gasteiger partial charge on any atom is 0.501 e.